The van der Waals surface area contributed by atoms with E-state index >= 15 is 0 Å². The average molecular weight is 379 g/mol. The first-order valence-electron chi connectivity index (χ1n) is 9.24. The number of hydrogen-bond donors (Lipinski definition) is 0. The molecule has 142 valence electrons. The normalized spacial score (nSPS) is 16.8. The molecule has 3 aromatic rings. The molecule has 0 aliphatic carbocycles. The minimum absolute atomic E-state index is 0.0773. The minimum Gasteiger partial charge on any atom is -0.338 e. The zero-order valence-electron chi connectivity index (χ0n) is 15.2. The van der Waals surface area contributed by atoms with E-state index < -0.39 is 0 Å². The van der Waals surface area contributed by atoms with Crippen LogP contribution in [0.1, 0.15) is 34.8 Å². The molecule has 0 bridgehead atoms. The monoisotopic (exact) mass is 379 g/mol. The van der Waals surface area contributed by atoms with Crippen LogP contribution < -0.4 is 0 Å². The lowest BCUT2D eigenvalue weighted by atomic mass is 9.94. The molecule has 1 fully saturated rings. The SMILES string of the molecule is O=C(c1ccc(F)cc1)N1CCCC(c2ccnc(-c3cccc(F)c3)n2)C1. The number of aromatic nitrogens is 2. The van der Waals surface area contributed by atoms with Gasteiger partial charge in [-0.25, -0.2) is 18.7 Å². The van der Waals surface area contributed by atoms with Crippen molar-refractivity contribution in [1.82, 2.24) is 14.9 Å². The Morgan fingerprint density at radius 3 is 2.64 bits per heavy atom. The van der Waals surface area contributed by atoms with E-state index in [4.69, 9.17) is 0 Å². The third-order valence-electron chi connectivity index (χ3n) is 4.98. The molecule has 1 atom stereocenters. The lowest BCUT2D eigenvalue weighted by molar-refractivity contribution is 0.0706. The predicted octanol–water partition coefficient (Wildman–Crippen LogP) is 4.44. The van der Waals surface area contributed by atoms with Crippen LogP contribution >= 0.6 is 0 Å². The summed E-state index contributed by atoms with van der Waals surface area (Å²) in [4.78, 5) is 23.4. The van der Waals surface area contributed by atoms with Crippen molar-refractivity contribution in [3.05, 3.63) is 83.7 Å². The molecule has 28 heavy (non-hydrogen) atoms. The van der Waals surface area contributed by atoms with Crippen LogP contribution in [0.15, 0.2) is 60.8 Å². The van der Waals surface area contributed by atoms with Crippen LogP contribution in [0, 0.1) is 11.6 Å². The van der Waals surface area contributed by atoms with E-state index in [1.54, 1.807) is 23.2 Å². The first-order chi connectivity index (χ1) is 13.6. The van der Waals surface area contributed by atoms with Gasteiger partial charge in [0, 0.05) is 42.0 Å². The van der Waals surface area contributed by atoms with Crippen LogP contribution in [0.25, 0.3) is 11.4 Å². The molecule has 1 aliphatic heterocycles. The Bertz CT molecular complexity index is 991. The van der Waals surface area contributed by atoms with Crippen LogP contribution in [0.4, 0.5) is 8.78 Å². The Morgan fingerprint density at radius 2 is 1.86 bits per heavy atom. The third kappa shape index (κ3) is 3.91. The molecule has 2 heterocycles. The molecule has 0 N–H and O–H groups in total. The number of piperidine rings is 1. The summed E-state index contributed by atoms with van der Waals surface area (Å²) in [7, 11) is 0. The molecule has 1 amide bonds. The van der Waals surface area contributed by atoms with Crippen molar-refractivity contribution in [2.24, 2.45) is 0 Å². The quantitative estimate of drug-likeness (QED) is 0.676. The molecule has 1 aromatic heterocycles. The van der Waals surface area contributed by atoms with Gasteiger partial charge >= 0.3 is 0 Å². The van der Waals surface area contributed by atoms with Gasteiger partial charge in [0.1, 0.15) is 11.6 Å². The molecular weight excluding hydrogens is 360 g/mol. The van der Waals surface area contributed by atoms with Crippen LogP contribution in [0.3, 0.4) is 0 Å². The zero-order valence-corrected chi connectivity index (χ0v) is 15.2. The molecule has 4 rings (SSSR count). The number of nitrogens with zero attached hydrogens (tertiary/aromatic N) is 3. The number of rotatable bonds is 3. The maximum atomic E-state index is 13.5. The van der Waals surface area contributed by atoms with E-state index in [0.717, 1.165) is 18.5 Å². The van der Waals surface area contributed by atoms with E-state index in [0.29, 0.717) is 30.0 Å². The maximum absolute atomic E-state index is 13.5. The van der Waals surface area contributed by atoms with Gasteiger partial charge < -0.3 is 4.90 Å². The summed E-state index contributed by atoms with van der Waals surface area (Å²) in [5.74, 6) is -0.254. The lowest BCUT2D eigenvalue weighted by Crippen LogP contribution is -2.39. The molecule has 0 radical (unpaired) electrons. The van der Waals surface area contributed by atoms with Crippen LogP contribution in [0.2, 0.25) is 0 Å². The number of benzene rings is 2. The summed E-state index contributed by atoms with van der Waals surface area (Å²) in [5.41, 5.74) is 1.94. The fraction of sp³-hybridized carbons (Fsp3) is 0.227. The van der Waals surface area contributed by atoms with Gasteiger partial charge in [-0.1, -0.05) is 12.1 Å². The summed E-state index contributed by atoms with van der Waals surface area (Å²) in [6.07, 6.45) is 3.44. The second-order valence-electron chi connectivity index (χ2n) is 6.91. The van der Waals surface area contributed by atoms with Crippen molar-refractivity contribution < 1.29 is 13.6 Å². The summed E-state index contributed by atoms with van der Waals surface area (Å²) in [5, 5.41) is 0. The molecule has 0 saturated carbocycles. The van der Waals surface area contributed by atoms with Crippen molar-refractivity contribution in [1.29, 1.82) is 0 Å². The van der Waals surface area contributed by atoms with Gasteiger partial charge in [-0.3, -0.25) is 4.79 Å². The van der Waals surface area contributed by atoms with Gasteiger partial charge in [0.2, 0.25) is 0 Å². The Balaban J connectivity index is 1.54. The summed E-state index contributed by atoms with van der Waals surface area (Å²) >= 11 is 0. The molecule has 1 aliphatic rings. The van der Waals surface area contributed by atoms with Crippen molar-refractivity contribution in [3.8, 4) is 11.4 Å². The Labute approximate surface area is 161 Å². The standard InChI is InChI=1S/C22H19F2N3O/c23-18-8-6-15(7-9-18)22(28)27-12-2-4-17(14-27)20-10-11-25-21(26-20)16-3-1-5-19(24)13-16/h1,3,5-11,13,17H,2,4,12,14H2. The second kappa shape index (κ2) is 7.84. The summed E-state index contributed by atoms with van der Waals surface area (Å²) in [6.45, 7) is 1.20. The van der Waals surface area contributed by atoms with E-state index in [9.17, 15) is 13.6 Å². The minimum atomic E-state index is -0.362. The van der Waals surface area contributed by atoms with Gasteiger partial charge in [-0.05, 0) is 55.3 Å². The highest BCUT2D eigenvalue weighted by Gasteiger charge is 2.26. The number of hydrogen-bond acceptors (Lipinski definition) is 3. The predicted molar refractivity (Wildman–Crippen MR) is 102 cm³/mol. The van der Waals surface area contributed by atoms with E-state index in [2.05, 4.69) is 9.97 Å². The fourth-order valence-electron chi connectivity index (χ4n) is 3.54. The van der Waals surface area contributed by atoms with E-state index in [-0.39, 0.29) is 23.5 Å². The van der Waals surface area contributed by atoms with Gasteiger partial charge in [0.15, 0.2) is 5.82 Å². The third-order valence-corrected chi connectivity index (χ3v) is 4.98. The Morgan fingerprint density at radius 1 is 1.04 bits per heavy atom. The molecule has 1 unspecified atom stereocenters. The molecule has 0 spiro atoms. The molecule has 6 heteroatoms. The fourth-order valence-corrected chi connectivity index (χ4v) is 3.54. The van der Waals surface area contributed by atoms with Crippen molar-refractivity contribution in [2.45, 2.75) is 18.8 Å². The zero-order chi connectivity index (χ0) is 19.5. The molecular formula is C22H19F2N3O. The first kappa shape index (κ1) is 18.2. The van der Waals surface area contributed by atoms with Crippen molar-refractivity contribution in [2.75, 3.05) is 13.1 Å². The van der Waals surface area contributed by atoms with Crippen LogP contribution in [-0.4, -0.2) is 33.9 Å². The Kier molecular flexibility index (Phi) is 5.10. The number of halogens is 2. The van der Waals surface area contributed by atoms with Gasteiger partial charge in [-0.2, -0.15) is 0 Å². The highest BCUT2D eigenvalue weighted by Crippen LogP contribution is 2.28. The topological polar surface area (TPSA) is 46.1 Å². The van der Waals surface area contributed by atoms with Crippen molar-refractivity contribution in [3.63, 3.8) is 0 Å². The number of carbonyl (C=O) groups excluding carboxylic acids is 1. The number of amides is 1. The summed E-state index contributed by atoms with van der Waals surface area (Å²) in [6, 6.07) is 13.6. The highest BCUT2D eigenvalue weighted by molar-refractivity contribution is 5.94. The van der Waals surface area contributed by atoms with Crippen LogP contribution in [-0.2, 0) is 0 Å². The smallest absolute Gasteiger partial charge is 0.253 e. The van der Waals surface area contributed by atoms with Gasteiger partial charge in [0.25, 0.3) is 5.91 Å². The number of carbonyl (C=O) groups is 1. The molecule has 1 saturated heterocycles. The summed E-state index contributed by atoms with van der Waals surface area (Å²) < 4.78 is 26.6. The molecule has 2 aromatic carbocycles. The lowest BCUT2D eigenvalue weighted by Gasteiger charge is -2.32. The van der Waals surface area contributed by atoms with Gasteiger partial charge in [0.05, 0.1) is 0 Å². The van der Waals surface area contributed by atoms with Gasteiger partial charge in [-0.15, -0.1) is 0 Å². The molecule has 4 nitrogen and oxygen atoms in total. The maximum Gasteiger partial charge on any atom is 0.253 e. The highest BCUT2D eigenvalue weighted by atomic mass is 19.1. The number of likely N-dealkylation sites (tertiary alicyclic amines) is 1. The van der Waals surface area contributed by atoms with E-state index in [1.165, 1.54) is 36.4 Å². The second-order valence-corrected chi connectivity index (χ2v) is 6.91. The van der Waals surface area contributed by atoms with Crippen molar-refractivity contribution >= 4 is 5.91 Å². The largest absolute Gasteiger partial charge is 0.338 e. The van der Waals surface area contributed by atoms with E-state index in [1.807, 2.05) is 6.07 Å². The first-order valence-corrected chi connectivity index (χ1v) is 9.24. The average Bonchev–Trinajstić information content (AvgIpc) is 2.74. The van der Waals surface area contributed by atoms with Crippen LogP contribution in [0.5, 0.6) is 0 Å². The Hall–Kier alpha value is -3.15.